The fourth-order valence-corrected chi connectivity index (χ4v) is 5.03. The van der Waals surface area contributed by atoms with Gasteiger partial charge in [0.2, 0.25) is 0 Å². The number of nitrogens with one attached hydrogen (secondary N) is 1. The van der Waals surface area contributed by atoms with Crippen molar-refractivity contribution in [2.24, 2.45) is 0 Å². The zero-order chi connectivity index (χ0) is 25.4. The first-order valence-corrected chi connectivity index (χ1v) is 12.8. The number of benzene rings is 3. The van der Waals surface area contributed by atoms with Crippen molar-refractivity contribution in [3.63, 3.8) is 0 Å². The summed E-state index contributed by atoms with van der Waals surface area (Å²) in [5, 5.41) is 3.08. The van der Waals surface area contributed by atoms with E-state index in [4.69, 9.17) is 16.3 Å². The van der Waals surface area contributed by atoms with Gasteiger partial charge < -0.3 is 10.1 Å². The van der Waals surface area contributed by atoms with Gasteiger partial charge in [0.25, 0.3) is 0 Å². The molecular formula is C29H32ClF3N2O. The summed E-state index contributed by atoms with van der Waals surface area (Å²) in [6.07, 6.45) is -2.47. The molecule has 1 aliphatic heterocycles. The van der Waals surface area contributed by atoms with Crippen LogP contribution in [0, 0.1) is 0 Å². The van der Waals surface area contributed by atoms with Gasteiger partial charge in [-0.15, -0.1) is 0 Å². The van der Waals surface area contributed by atoms with Gasteiger partial charge in [0, 0.05) is 38.7 Å². The molecule has 1 saturated heterocycles. The van der Waals surface area contributed by atoms with Gasteiger partial charge in [-0.2, -0.15) is 13.2 Å². The predicted molar refractivity (Wildman–Crippen MR) is 138 cm³/mol. The highest BCUT2D eigenvalue weighted by Crippen LogP contribution is 2.37. The van der Waals surface area contributed by atoms with Crippen LogP contribution < -0.4 is 5.32 Å². The van der Waals surface area contributed by atoms with Crippen molar-refractivity contribution in [1.29, 1.82) is 0 Å². The molecule has 7 heteroatoms. The highest BCUT2D eigenvalue weighted by atomic mass is 35.5. The quantitative estimate of drug-likeness (QED) is 0.285. The maximum atomic E-state index is 13.5. The number of hydrogen-bond donors (Lipinski definition) is 1. The number of ether oxygens (including phenoxy) is 1. The van der Waals surface area contributed by atoms with E-state index in [1.54, 1.807) is 6.07 Å². The lowest BCUT2D eigenvalue weighted by molar-refractivity contribution is -0.137. The normalized spacial score (nSPS) is 16.2. The minimum absolute atomic E-state index is 0.0666. The summed E-state index contributed by atoms with van der Waals surface area (Å²) in [5.74, 6) is 0.0666. The molecular weight excluding hydrogens is 485 g/mol. The van der Waals surface area contributed by atoms with Crippen LogP contribution in [0.3, 0.4) is 0 Å². The highest BCUT2D eigenvalue weighted by molar-refractivity contribution is 6.32. The van der Waals surface area contributed by atoms with Crippen LogP contribution in [-0.4, -0.2) is 43.8 Å². The van der Waals surface area contributed by atoms with Crippen LogP contribution in [0.2, 0.25) is 5.02 Å². The largest absolute Gasteiger partial charge is 0.417 e. The van der Waals surface area contributed by atoms with E-state index in [9.17, 15) is 13.2 Å². The van der Waals surface area contributed by atoms with Crippen molar-refractivity contribution in [2.75, 3.05) is 32.8 Å². The van der Waals surface area contributed by atoms with Gasteiger partial charge in [-0.1, -0.05) is 84.4 Å². The Morgan fingerprint density at radius 2 is 1.61 bits per heavy atom. The molecule has 1 atom stereocenters. The first-order valence-electron chi connectivity index (χ1n) is 12.4. The van der Waals surface area contributed by atoms with E-state index in [0.717, 1.165) is 43.1 Å². The molecule has 0 unspecified atom stereocenters. The van der Waals surface area contributed by atoms with Crippen LogP contribution in [0.4, 0.5) is 13.2 Å². The van der Waals surface area contributed by atoms with Crippen LogP contribution in [0.1, 0.15) is 41.0 Å². The van der Waals surface area contributed by atoms with E-state index in [0.29, 0.717) is 31.8 Å². The zero-order valence-corrected chi connectivity index (χ0v) is 20.9. The van der Waals surface area contributed by atoms with Crippen LogP contribution in [0.5, 0.6) is 0 Å². The average Bonchev–Trinajstić information content (AvgIpc) is 3.40. The molecule has 0 aromatic heterocycles. The Labute approximate surface area is 216 Å². The first-order chi connectivity index (χ1) is 17.4. The number of rotatable bonds is 11. The SMILES string of the molecule is FC(F)(F)c1cccc(CN(CCCO[C@H]2CCNC2)CC(c2ccccc2)c2ccccc2)c1Cl. The molecule has 3 aromatic rings. The Bertz CT molecular complexity index is 1030. The smallest absolute Gasteiger partial charge is 0.377 e. The summed E-state index contributed by atoms with van der Waals surface area (Å²) in [7, 11) is 0. The maximum absolute atomic E-state index is 13.5. The Morgan fingerprint density at radius 1 is 0.944 bits per heavy atom. The van der Waals surface area contributed by atoms with Crippen molar-refractivity contribution in [2.45, 2.75) is 37.6 Å². The molecule has 36 heavy (non-hydrogen) atoms. The van der Waals surface area contributed by atoms with E-state index in [1.165, 1.54) is 6.07 Å². The van der Waals surface area contributed by atoms with Gasteiger partial charge in [-0.25, -0.2) is 0 Å². The lowest BCUT2D eigenvalue weighted by atomic mass is 9.90. The van der Waals surface area contributed by atoms with E-state index < -0.39 is 11.7 Å². The topological polar surface area (TPSA) is 24.5 Å². The van der Waals surface area contributed by atoms with Gasteiger partial charge in [0.05, 0.1) is 16.7 Å². The minimum Gasteiger partial charge on any atom is -0.377 e. The molecule has 0 spiro atoms. The van der Waals surface area contributed by atoms with Crippen molar-refractivity contribution in [3.05, 3.63) is 106 Å². The third-order valence-corrected chi connectivity index (χ3v) is 7.06. The second-order valence-electron chi connectivity index (χ2n) is 9.22. The summed E-state index contributed by atoms with van der Waals surface area (Å²) < 4.78 is 46.5. The third kappa shape index (κ3) is 7.32. The van der Waals surface area contributed by atoms with Gasteiger partial charge in [0.1, 0.15) is 0 Å². The molecule has 1 aliphatic rings. The molecule has 0 aliphatic carbocycles. The van der Waals surface area contributed by atoms with E-state index in [-0.39, 0.29) is 17.0 Å². The summed E-state index contributed by atoms with van der Waals surface area (Å²) in [5.41, 5.74) is 2.02. The van der Waals surface area contributed by atoms with Gasteiger partial charge in [-0.05, 0) is 42.1 Å². The van der Waals surface area contributed by atoms with Gasteiger partial charge in [-0.3, -0.25) is 4.90 Å². The molecule has 0 saturated carbocycles. The fourth-order valence-electron chi connectivity index (χ4n) is 4.74. The van der Waals surface area contributed by atoms with Crippen LogP contribution in [0.15, 0.2) is 78.9 Å². The molecule has 1 fully saturated rings. The Kier molecular flexibility index (Phi) is 9.43. The third-order valence-electron chi connectivity index (χ3n) is 6.61. The van der Waals surface area contributed by atoms with Crippen molar-refractivity contribution in [3.8, 4) is 0 Å². The van der Waals surface area contributed by atoms with Crippen LogP contribution in [-0.2, 0) is 17.5 Å². The summed E-state index contributed by atoms with van der Waals surface area (Å²) in [6, 6.07) is 24.6. The highest BCUT2D eigenvalue weighted by Gasteiger charge is 2.34. The van der Waals surface area contributed by atoms with E-state index in [2.05, 4.69) is 34.5 Å². The Morgan fingerprint density at radius 3 is 2.19 bits per heavy atom. The first kappa shape index (κ1) is 26.7. The molecule has 3 nitrogen and oxygen atoms in total. The van der Waals surface area contributed by atoms with Crippen molar-refractivity contribution >= 4 is 11.6 Å². The summed E-state index contributed by atoms with van der Waals surface area (Å²) in [4.78, 5) is 2.20. The maximum Gasteiger partial charge on any atom is 0.417 e. The van der Waals surface area contributed by atoms with Crippen LogP contribution in [0.25, 0.3) is 0 Å². The molecule has 3 aromatic carbocycles. The predicted octanol–water partition coefficient (Wildman–Crippen LogP) is 6.76. The summed E-state index contributed by atoms with van der Waals surface area (Å²) >= 11 is 6.28. The standard InChI is InChI=1S/C29H32ClF3N2O/c30-28-24(13-7-14-27(28)29(31,32)33)20-35(17-8-18-36-25-15-16-34-19-25)21-26(22-9-3-1-4-10-22)23-11-5-2-6-12-23/h1-7,9-14,25-26,34H,8,15-21H2/t25-/m0/s1. The van der Waals surface area contributed by atoms with Crippen LogP contribution >= 0.6 is 11.6 Å². The van der Waals surface area contributed by atoms with Crippen molar-refractivity contribution in [1.82, 2.24) is 10.2 Å². The molecule has 1 N–H and O–H groups in total. The van der Waals surface area contributed by atoms with E-state index in [1.807, 2.05) is 36.4 Å². The van der Waals surface area contributed by atoms with Gasteiger partial charge >= 0.3 is 6.18 Å². The van der Waals surface area contributed by atoms with E-state index >= 15 is 0 Å². The number of nitrogens with zero attached hydrogens (tertiary/aromatic N) is 1. The second-order valence-corrected chi connectivity index (χ2v) is 9.60. The Hall–Kier alpha value is -2.38. The number of alkyl halides is 3. The average molecular weight is 517 g/mol. The zero-order valence-electron chi connectivity index (χ0n) is 20.2. The minimum atomic E-state index is -4.49. The monoisotopic (exact) mass is 516 g/mol. The lowest BCUT2D eigenvalue weighted by Crippen LogP contribution is -2.31. The number of hydrogen-bond acceptors (Lipinski definition) is 3. The molecule has 0 radical (unpaired) electrons. The summed E-state index contributed by atoms with van der Waals surface area (Å²) in [6.45, 7) is 4.10. The Balaban J connectivity index is 1.55. The molecule has 0 amide bonds. The molecule has 0 bridgehead atoms. The van der Waals surface area contributed by atoms with Crippen molar-refractivity contribution < 1.29 is 17.9 Å². The second kappa shape index (κ2) is 12.7. The molecule has 4 rings (SSSR count). The van der Waals surface area contributed by atoms with Gasteiger partial charge in [0.15, 0.2) is 0 Å². The molecule has 1 heterocycles. The molecule has 192 valence electrons. The number of halogens is 4. The fraction of sp³-hybridized carbons (Fsp3) is 0.379. The lowest BCUT2D eigenvalue weighted by Gasteiger charge is -2.29.